The van der Waals surface area contributed by atoms with Gasteiger partial charge in [0.15, 0.2) is 0 Å². The molecular formula is C16H19FN2O. The Labute approximate surface area is 118 Å². The molecule has 3 nitrogen and oxygen atoms in total. The first-order chi connectivity index (χ1) is 9.49. The van der Waals surface area contributed by atoms with Crippen LogP contribution in [-0.2, 0) is 5.60 Å². The van der Waals surface area contributed by atoms with Crippen molar-refractivity contribution in [2.45, 2.75) is 25.5 Å². The van der Waals surface area contributed by atoms with Crippen LogP contribution in [-0.4, -0.2) is 16.6 Å². The summed E-state index contributed by atoms with van der Waals surface area (Å²) in [5.41, 5.74) is 0.627. The van der Waals surface area contributed by atoms with Crippen molar-refractivity contribution in [1.82, 2.24) is 10.3 Å². The Morgan fingerprint density at radius 3 is 2.65 bits per heavy atom. The normalized spacial score (nSPS) is 15.6. The van der Waals surface area contributed by atoms with Crippen LogP contribution in [0.4, 0.5) is 4.39 Å². The minimum atomic E-state index is -0.976. The van der Waals surface area contributed by atoms with Crippen LogP contribution in [0.1, 0.15) is 31.0 Å². The predicted molar refractivity (Wildman–Crippen MR) is 76.6 cm³/mol. The highest BCUT2D eigenvalue weighted by molar-refractivity contribution is 5.22. The van der Waals surface area contributed by atoms with Gasteiger partial charge in [-0.3, -0.25) is 4.98 Å². The summed E-state index contributed by atoms with van der Waals surface area (Å²) >= 11 is 0. The third-order valence-electron chi connectivity index (χ3n) is 3.37. The number of halogens is 1. The van der Waals surface area contributed by atoms with Gasteiger partial charge >= 0.3 is 0 Å². The van der Waals surface area contributed by atoms with E-state index in [0.717, 1.165) is 11.1 Å². The van der Waals surface area contributed by atoms with Crippen molar-refractivity contribution in [3.05, 3.63) is 65.7 Å². The lowest BCUT2D eigenvalue weighted by Gasteiger charge is -2.26. The zero-order chi connectivity index (χ0) is 14.6. The largest absolute Gasteiger partial charge is 0.384 e. The highest BCUT2D eigenvalue weighted by Gasteiger charge is 2.23. The maximum Gasteiger partial charge on any atom is 0.141 e. The van der Waals surface area contributed by atoms with Crippen LogP contribution in [0.25, 0.3) is 0 Å². The van der Waals surface area contributed by atoms with Gasteiger partial charge in [0.05, 0.1) is 11.8 Å². The molecule has 2 rings (SSSR count). The zero-order valence-electron chi connectivity index (χ0n) is 11.7. The van der Waals surface area contributed by atoms with Crippen LogP contribution < -0.4 is 5.32 Å². The molecule has 0 aliphatic rings. The standard InChI is InChI=1S/C16H19FN2O/c1-12(13-8-15(17)10-18-9-13)19-11-16(2,20)14-6-4-3-5-7-14/h3-10,12,19-20H,11H2,1-2H3. The molecule has 4 heteroatoms. The Morgan fingerprint density at radius 2 is 2.00 bits per heavy atom. The second-order valence-corrected chi connectivity index (χ2v) is 5.18. The van der Waals surface area contributed by atoms with E-state index in [4.69, 9.17) is 0 Å². The van der Waals surface area contributed by atoms with Gasteiger partial charge in [-0.15, -0.1) is 0 Å². The number of rotatable bonds is 5. The molecule has 0 saturated heterocycles. The summed E-state index contributed by atoms with van der Waals surface area (Å²) in [5.74, 6) is -0.356. The molecule has 0 bridgehead atoms. The van der Waals surface area contributed by atoms with E-state index < -0.39 is 5.60 Å². The topological polar surface area (TPSA) is 45.1 Å². The number of hydrogen-bond donors (Lipinski definition) is 2. The van der Waals surface area contributed by atoms with E-state index in [9.17, 15) is 9.50 Å². The molecule has 106 valence electrons. The van der Waals surface area contributed by atoms with Crippen LogP contribution in [0.5, 0.6) is 0 Å². The number of hydrogen-bond acceptors (Lipinski definition) is 3. The third-order valence-corrected chi connectivity index (χ3v) is 3.37. The van der Waals surface area contributed by atoms with Crippen LogP contribution in [0.3, 0.4) is 0 Å². The van der Waals surface area contributed by atoms with Gasteiger partial charge in [-0.2, -0.15) is 0 Å². The molecule has 0 amide bonds. The van der Waals surface area contributed by atoms with E-state index in [1.54, 1.807) is 13.1 Å². The van der Waals surface area contributed by atoms with Crippen molar-refractivity contribution in [3.63, 3.8) is 0 Å². The molecule has 20 heavy (non-hydrogen) atoms. The van der Waals surface area contributed by atoms with Gasteiger partial charge in [0, 0.05) is 18.8 Å². The van der Waals surface area contributed by atoms with Crippen molar-refractivity contribution < 1.29 is 9.50 Å². The number of aliphatic hydroxyl groups is 1. The molecule has 2 N–H and O–H groups in total. The highest BCUT2D eigenvalue weighted by atomic mass is 19.1. The second kappa shape index (κ2) is 6.11. The molecule has 2 atom stereocenters. The monoisotopic (exact) mass is 274 g/mol. The molecule has 1 aromatic carbocycles. The summed E-state index contributed by atoms with van der Waals surface area (Å²) in [5, 5.41) is 13.7. The number of nitrogens with zero attached hydrogens (tertiary/aromatic N) is 1. The highest BCUT2D eigenvalue weighted by Crippen LogP contribution is 2.21. The summed E-state index contributed by atoms with van der Waals surface area (Å²) < 4.78 is 13.1. The van der Waals surface area contributed by atoms with E-state index in [1.807, 2.05) is 37.3 Å². The number of nitrogens with one attached hydrogen (secondary N) is 1. The van der Waals surface area contributed by atoms with Crippen LogP contribution in [0.15, 0.2) is 48.8 Å². The lowest BCUT2D eigenvalue weighted by atomic mass is 9.95. The van der Waals surface area contributed by atoms with E-state index in [0.29, 0.717) is 6.54 Å². The maximum atomic E-state index is 13.1. The maximum absolute atomic E-state index is 13.1. The lowest BCUT2D eigenvalue weighted by molar-refractivity contribution is 0.0543. The Bertz CT molecular complexity index is 557. The van der Waals surface area contributed by atoms with Gasteiger partial charge in [0.25, 0.3) is 0 Å². The zero-order valence-corrected chi connectivity index (χ0v) is 11.7. The fraction of sp³-hybridized carbons (Fsp3) is 0.312. The van der Waals surface area contributed by atoms with Crippen molar-refractivity contribution in [2.75, 3.05) is 6.54 Å². The van der Waals surface area contributed by atoms with Gasteiger partial charge < -0.3 is 10.4 Å². The smallest absolute Gasteiger partial charge is 0.141 e. The fourth-order valence-corrected chi connectivity index (χ4v) is 2.03. The van der Waals surface area contributed by atoms with E-state index in [1.165, 1.54) is 12.3 Å². The van der Waals surface area contributed by atoms with E-state index in [-0.39, 0.29) is 11.9 Å². The van der Waals surface area contributed by atoms with Gasteiger partial charge in [-0.25, -0.2) is 4.39 Å². The van der Waals surface area contributed by atoms with Crippen molar-refractivity contribution in [1.29, 1.82) is 0 Å². The Balaban J connectivity index is 2.01. The van der Waals surface area contributed by atoms with Gasteiger partial charge in [-0.1, -0.05) is 30.3 Å². The summed E-state index contributed by atoms with van der Waals surface area (Å²) in [6.45, 7) is 4.04. The van der Waals surface area contributed by atoms with Crippen LogP contribution in [0, 0.1) is 5.82 Å². The minimum absolute atomic E-state index is 0.0895. The number of aromatic nitrogens is 1. The van der Waals surface area contributed by atoms with Gasteiger partial charge in [-0.05, 0) is 31.0 Å². The number of benzene rings is 1. The van der Waals surface area contributed by atoms with Crippen LogP contribution >= 0.6 is 0 Å². The predicted octanol–water partition coefficient (Wildman–Crippen LogP) is 2.78. The second-order valence-electron chi connectivity index (χ2n) is 5.18. The molecular weight excluding hydrogens is 255 g/mol. The SMILES string of the molecule is CC(NCC(C)(O)c1ccccc1)c1cncc(F)c1. The molecule has 0 aliphatic heterocycles. The quantitative estimate of drug-likeness (QED) is 0.881. The first-order valence-electron chi connectivity index (χ1n) is 6.61. The summed E-state index contributed by atoms with van der Waals surface area (Å²) in [6, 6.07) is 10.8. The molecule has 1 aromatic heterocycles. The van der Waals surface area contributed by atoms with Crippen LogP contribution in [0.2, 0.25) is 0 Å². The fourth-order valence-electron chi connectivity index (χ4n) is 2.03. The summed E-state index contributed by atoms with van der Waals surface area (Å²) in [7, 11) is 0. The minimum Gasteiger partial charge on any atom is -0.384 e. The Hall–Kier alpha value is -1.78. The van der Waals surface area contributed by atoms with Crippen molar-refractivity contribution in [2.24, 2.45) is 0 Å². The van der Waals surface area contributed by atoms with E-state index >= 15 is 0 Å². The molecule has 0 fully saturated rings. The molecule has 0 aliphatic carbocycles. The van der Waals surface area contributed by atoms with Crippen molar-refractivity contribution in [3.8, 4) is 0 Å². The molecule has 0 saturated carbocycles. The first kappa shape index (κ1) is 14.6. The summed E-state index contributed by atoms with van der Waals surface area (Å²) in [6.07, 6.45) is 2.80. The van der Waals surface area contributed by atoms with Gasteiger partial charge in [0.2, 0.25) is 0 Å². The first-order valence-corrected chi connectivity index (χ1v) is 6.61. The lowest BCUT2D eigenvalue weighted by Crippen LogP contribution is -2.36. The van der Waals surface area contributed by atoms with Gasteiger partial charge in [0.1, 0.15) is 5.82 Å². The molecule has 2 unspecified atom stereocenters. The average molecular weight is 274 g/mol. The number of pyridine rings is 1. The Morgan fingerprint density at radius 1 is 1.30 bits per heavy atom. The summed E-state index contributed by atoms with van der Waals surface area (Å²) in [4.78, 5) is 3.83. The molecule has 1 heterocycles. The molecule has 0 spiro atoms. The Kier molecular flexibility index (Phi) is 4.47. The third kappa shape index (κ3) is 3.62. The average Bonchev–Trinajstić information content (AvgIpc) is 2.46. The molecule has 0 radical (unpaired) electrons. The van der Waals surface area contributed by atoms with E-state index in [2.05, 4.69) is 10.3 Å². The molecule has 2 aromatic rings. The van der Waals surface area contributed by atoms with Crippen molar-refractivity contribution >= 4 is 0 Å².